The maximum absolute atomic E-state index is 6.31. The fourth-order valence-electron chi connectivity index (χ4n) is 4.17. The number of benzene rings is 2. The minimum absolute atomic E-state index is 0.153. The van der Waals surface area contributed by atoms with E-state index in [1.54, 1.807) is 0 Å². The number of anilines is 1. The highest BCUT2D eigenvalue weighted by molar-refractivity contribution is 9.10. The Hall–Kier alpha value is -1.32. The minimum Gasteiger partial charge on any atom is -0.378 e. The Kier molecular flexibility index (Phi) is 4.41. The number of halogens is 1. The van der Waals surface area contributed by atoms with Gasteiger partial charge >= 0.3 is 0 Å². The van der Waals surface area contributed by atoms with Crippen molar-refractivity contribution in [3.63, 3.8) is 0 Å². The Morgan fingerprint density at radius 3 is 2.72 bits per heavy atom. The van der Waals surface area contributed by atoms with E-state index in [0.29, 0.717) is 12.0 Å². The van der Waals surface area contributed by atoms with Crippen LogP contribution in [0.1, 0.15) is 62.4 Å². The van der Waals surface area contributed by atoms with Crippen LogP contribution in [0.4, 0.5) is 5.69 Å². The predicted octanol–water partition coefficient (Wildman–Crippen LogP) is 6.38. The van der Waals surface area contributed by atoms with E-state index in [2.05, 4.69) is 84.5 Å². The molecule has 2 nitrogen and oxygen atoms in total. The Balaban J connectivity index is 1.78. The van der Waals surface area contributed by atoms with E-state index in [9.17, 15) is 0 Å². The lowest BCUT2D eigenvalue weighted by atomic mass is 9.76. The molecule has 0 radical (unpaired) electrons. The van der Waals surface area contributed by atoms with Gasteiger partial charge in [-0.2, -0.15) is 0 Å². The van der Waals surface area contributed by atoms with E-state index >= 15 is 0 Å². The van der Waals surface area contributed by atoms with Crippen LogP contribution in [0.5, 0.6) is 0 Å². The third-order valence-electron chi connectivity index (χ3n) is 5.54. The highest BCUT2D eigenvalue weighted by Gasteiger charge is 2.40. The maximum atomic E-state index is 6.31. The standard InChI is InChI=1S/C22H26BrNO/c1-22(2,3)15-9-10-19-18(13-15)21-17(8-5-11-25-21)20(24-19)14-6-4-7-16(23)12-14/h4,6-7,9-10,12-13,17,20-21,24H,5,8,11H2,1-3H3. The average molecular weight is 400 g/mol. The first kappa shape index (κ1) is 17.1. The molecule has 0 aromatic heterocycles. The summed E-state index contributed by atoms with van der Waals surface area (Å²) in [7, 11) is 0. The smallest absolute Gasteiger partial charge is 0.0895 e. The molecule has 0 amide bonds. The summed E-state index contributed by atoms with van der Waals surface area (Å²) >= 11 is 3.62. The summed E-state index contributed by atoms with van der Waals surface area (Å²) in [6, 6.07) is 15.8. The van der Waals surface area contributed by atoms with Crippen molar-refractivity contribution in [1.29, 1.82) is 0 Å². The SMILES string of the molecule is CC(C)(C)c1ccc2c(c1)C1OCCCC1C(c1cccc(Br)c1)N2. The number of rotatable bonds is 1. The van der Waals surface area contributed by atoms with Crippen LogP contribution in [0.3, 0.4) is 0 Å². The van der Waals surface area contributed by atoms with Crippen molar-refractivity contribution < 1.29 is 4.74 Å². The third-order valence-corrected chi connectivity index (χ3v) is 6.03. The largest absolute Gasteiger partial charge is 0.378 e. The van der Waals surface area contributed by atoms with Crippen LogP contribution in [-0.2, 0) is 10.2 Å². The molecule has 132 valence electrons. The van der Waals surface area contributed by atoms with Crippen LogP contribution in [0.2, 0.25) is 0 Å². The van der Waals surface area contributed by atoms with Gasteiger partial charge in [-0.05, 0) is 47.6 Å². The van der Waals surface area contributed by atoms with Crippen molar-refractivity contribution >= 4 is 21.6 Å². The van der Waals surface area contributed by atoms with Gasteiger partial charge in [0.25, 0.3) is 0 Å². The van der Waals surface area contributed by atoms with Gasteiger partial charge in [0.05, 0.1) is 12.1 Å². The first-order valence-electron chi connectivity index (χ1n) is 9.21. The first-order chi connectivity index (χ1) is 11.9. The predicted molar refractivity (Wildman–Crippen MR) is 107 cm³/mol. The van der Waals surface area contributed by atoms with Crippen molar-refractivity contribution in [2.24, 2.45) is 5.92 Å². The van der Waals surface area contributed by atoms with E-state index < -0.39 is 0 Å². The van der Waals surface area contributed by atoms with Crippen molar-refractivity contribution in [2.45, 2.75) is 51.2 Å². The lowest BCUT2D eigenvalue weighted by Gasteiger charge is -2.44. The summed E-state index contributed by atoms with van der Waals surface area (Å²) in [6.07, 6.45) is 2.53. The molecule has 2 aliphatic heterocycles. The molecule has 2 aromatic carbocycles. The molecule has 2 aromatic rings. The van der Waals surface area contributed by atoms with Gasteiger partial charge < -0.3 is 10.1 Å². The molecular formula is C22H26BrNO. The van der Waals surface area contributed by atoms with Gasteiger partial charge in [-0.3, -0.25) is 0 Å². The van der Waals surface area contributed by atoms with E-state index in [0.717, 1.165) is 17.5 Å². The second-order valence-electron chi connectivity index (χ2n) is 8.33. The van der Waals surface area contributed by atoms with Gasteiger partial charge in [-0.15, -0.1) is 0 Å². The molecule has 4 rings (SSSR count). The third kappa shape index (κ3) is 3.24. The van der Waals surface area contributed by atoms with Crippen molar-refractivity contribution in [3.8, 4) is 0 Å². The molecule has 2 heterocycles. The highest BCUT2D eigenvalue weighted by Crippen LogP contribution is 2.49. The molecular weight excluding hydrogens is 374 g/mol. The van der Waals surface area contributed by atoms with E-state index in [4.69, 9.17) is 4.74 Å². The molecule has 1 fully saturated rings. The molecule has 1 saturated heterocycles. The first-order valence-corrected chi connectivity index (χ1v) is 10.0. The molecule has 3 heteroatoms. The lowest BCUT2D eigenvalue weighted by molar-refractivity contribution is -0.0382. The zero-order valence-corrected chi connectivity index (χ0v) is 16.8. The Bertz CT molecular complexity index is 780. The fourth-order valence-corrected chi connectivity index (χ4v) is 4.58. The van der Waals surface area contributed by atoms with E-state index in [-0.39, 0.29) is 11.5 Å². The van der Waals surface area contributed by atoms with Gasteiger partial charge in [-0.25, -0.2) is 0 Å². The van der Waals surface area contributed by atoms with Gasteiger partial charge in [0.15, 0.2) is 0 Å². The summed E-state index contributed by atoms with van der Waals surface area (Å²) in [4.78, 5) is 0. The highest BCUT2D eigenvalue weighted by atomic mass is 79.9. The lowest BCUT2D eigenvalue weighted by Crippen LogP contribution is -2.36. The van der Waals surface area contributed by atoms with Crippen molar-refractivity contribution in [1.82, 2.24) is 0 Å². The molecule has 3 atom stereocenters. The van der Waals surface area contributed by atoms with Crippen molar-refractivity contribution in [3.05, 3.63) is 63.6 Å². The minimum atomic E-state index is 0.153. The summed E-state index contributed by atoms with van der Waals surface area (Å²) in [5.74, 6) is 0.478. The van der Waals surface area contributed by atoms with Gasteiger partial charge in [0, 0.05) is 28.2 Å². The second kappa shape index (κ2) is 6.44. The van der Waals surface area contributed by atoms with Crippen LogP contribution >= 0.6 is 15.9 Å². The van der Waals surface area contributed by atoms with Crippen LogP contribution in [0, 0.1) is 5.92 Å². The molecule has 25 heavy (non-hydrogen) atoms. The number of ether oxygens (including phenoxy) is 1. The summed E-state index contributed by atoms with van der Waals surface area (Å²) in [5.41, 5.74) is 5.42. The number of nitrogens with one attached hydrogen (secondary N) is 1. The average Bonchev–Trinajstić information content (AvgIpc) is 2.60. The zero-order valence-electron chi connectivity index (χ0n) is 15.2. The number of hydrogen-bond acceptors (Lipinski definition) is 2. The Morgan fingerprint density at radius 2 is 1.96 bits per heavy atom. The number of hydrogen-bond donors (Lipinski definition) is 1. The molecule has 0 bridgehead atoms. The van der Waals surface area contributed by atoms with Crippen LogP contribution < -0.4 is 5.32 Å². The maximum Gasteiger partial charge on any atom is 0.0895 e. The van der Waals surface area contributed by atoms with Crippen LogP contribution in [-0.4, -0.2) is 6.61 Å². The molecule has 2 aliphatic rings. The second-order valence-corrected chi connectivity index (χ2v) is 9.24. The van der Waals surface area contributed by atoms with E-state index in [1.807, 2.05) is 0 Å². The molecule has 3 unspecified atom stereocenters. The Morgan fingerprint density at radius 1 is 1.12 bits per heavy atom. The monoisotopic (exact) mass is 399 g/mol. The van der Waals surface area contributed by atoms with Crippen LogP contribution in [0.25, 0.3) is 0 Å². The Labute approximate surface area is 159 Å². The fraction of sp³-hybridized carbons (Fsp3) is 0.455. The van der Waals surface area contributed by atoms with Crippen molar-refractivity contribution in [2.75, 3.05) is 11.9 Å². The van der Waals surface area contributed by atoms with E-state index in [1.165, 1.54) is 28.8 Å². The quantitative estimate of drug-likeness (QED) is 0.600. The van der Waals surface area contributed by atoms with Crippen LogP contribution in [0.15, 0.2) is 46.9 Å². The summed E-state index contributed by atoms with van der Waals surface area (Å²) in [5, 5.41) is 3.82. The van der Waals surface area contributed by atoms with Gasteiger partial charge in [0.1, 0.15) is 0 Å². The molecule has 1 N–H and O–H groups in total. The molecule has 0 aliphatic carbocycles. The summed E-state index contributed by atoms with van der Waals surface area (Å²) in [6.45, 7) is 7.68. The summed E-state index contributed by atoms with van der Waals surface area (Å²) < 4.78 is 7.44. The zero-order chi connectivity index (χ0) is 17.6. The normalized spacial score (nSPS) is 25.7. The molecule has 0 saturated carbocycles. The number of fused-ring (bicyclic) bond motifs is 3. The molecule has 0 spiro atoms. The topological polar surface area (TPSA) is 21.3 Å². The van der Waals surface area contributed by atoms with Gasteiger partial charge in [-0.1, -0.05) is 61.0 Å². The van der Waals surface area contributed by atoms with Gasteiger partial charge in [0.2, 0.25) is 0 Å².